The number of aliphatic hydroxyl groups is 1. The number of thioether (sulfide) groups is 1. The fourth-order valence-corrected chi connectivity index (χ4v) is 3.41. The van der Waals surface area contributed by atoms with Crippen LogP contribution in [-0.4, -0.2) is 16.8 Å². The molecular formula is C16H9F7O2S. The smallest absolute Gasteiger partial charge is 0.446 e. The summed E-state index contributed by atoms with van der Waals surface area (Å²) in [4.78, 5) is -0.583. The minimum Gasteiger partial charge on any atom is -0.457 e. The van der Waals surface area contributed by atoms with Crippen molar-refractivity contribution in [2.24, 2.45) is 0 Å². The lowest BCUT2D eigenvalue weighted by Gasteiger charge is -2.16. The van der Waals surface area contributed by atoms with Crippen LogP contribution in [0.4, 0.5) is 30.7 Å². The third-order valence-corrected chi connectivity index (χ3v) is 4.46. The lowest BCUT2D eigenvalue weighted by atomic mass is 10.1. The van der Waals surface area contributed by atoms with Gasteiger partial charge in [-0.2, -0.15) is 13.2 Å². The molecule has 0 fully saturated rings. The molecule has 0 aromatic heterocycles. The van der Waals surface area contributed by atoms with Crippen LogP contribution in [0, 0.1) is 11.6 Å². The summed E-state index contributed by atoms with van der Waals surface area (Å²) in [5.41, 5.74) is -5.97. The van der Waals surface area contributed by atoms with Crippen molar-refractivity contribution in [3.05, 3.63) is 53.1 Å². The van der Waals surface area contributed by atoms with Gasteiger partial charge in [-0.15, -0.1) is 0 Å². The normalized spacial score (nSPS) is 22.4. The number of hydrogen-bond donors (Lipinski definition) is 1. The first kappa shape index (κ1) is 18.8. The van der Waals surface area contributed by atoms with E-state index in [9.17, 15) is 35.8 Å². The van der Waals surface area contributed by atoms with Gasteiger partial charge in [0.2, 0.25) is 0 Å². The SMILES string of the molecule is O[C@H]1c2c(SC(F)(F)F)ccc(Oc3cc(F)cc(F)c3)c2[C@@H](F)[C@H]1F. The molecule has 140 valence electrons. The van der Waals surface area contributed by atoms with Crippen LogP contribution in [0.15, 0.2) is 35.2 Å². The van der Waals surface area contributed by atoms with Gasteiger partial charge in [-0.1, -0.05) is 0 Å². The highest BCUT2D eigenvalue weighted by Crippen LogP contribution is 2.53. The Hall–Kier alpha value is -1.94. The summed E-state index contributed by atoms with van der Waals surface area (Å²) in [6.07, 6.45) is -7.08. The monoisotopic (exact) mass is 398 g/mol. The summed E-state index contributed by atoms with van der Waals surface area (Å²) in [5.74, 6) is -2.84. The number of ether oxygens (including phenoxy) is 1. The second-order valence-electron chi connectivity index (χ2n) is 5.44. The van der Waals surface area contributed by atoms with Crippen LogP contribution in [0.5, 0.6) is 11.5 Å². The molecule has 2 aromatic carbocycles. The number of fused-ring (bicyclic) bond motifs is 1. The minimum absolute atomic E-state index is 0.398. The van der Waals surface area contributed by atoms with E-state index in [0.717, 1.165) is 24.3 Å². The standard InChI is InChI=1S/C16H9F7O2S/c17-6-3-7(18)5-8(4-6)25-9-1-2-10(26-16(21,22)23)12-11(9)13(19)14(20)15(12)24/h1-5,13-15,24H/t13-,14-,15+/m1/s1. The first-order valence-corrected chi connectivity index (χ1v) is 7.91. The molecule has 1 aliphatic carbocycles. The first-order valence-electron chi connectivity index (χ1n) is 7.09. The molecule has 3 rings (SSSR count). The van der Waals surface area contributed by atoms with Gasteiger partial charge in [-0.25, -0.2) is 17.6 Å². The van der Waals surface area contributed by atoms with Crippen LogP contribution in [-0.2, 0) is 0 Å². The minimum atomic E-state index is -4.75. The summed E-state index contributed by atoms with van der Waals surface area (Å²) >= 11 is -0.635. The van der Waals surface area contributed by atoms with E-state index in [-0.39, 0.29) is 0 Å². The molecule has 0 spiro atoms. The summed E-state index contributed by atoms with van der Waals surface area (Å²) in [7, 11) is 0. The van der Waals surface area contributed by atoms with Gasteiger partial charge in [0.15, 0.2) is 12.3 Å². The Morgan fingerprint density at radius 3 is 2.15 bits per heavy atom. The van der Waals surface area contributed by atoms with E-state index in [4.69, 9.17) is 4.74 Å². The van der Waals surface area contributed by atoms with E-state index in [1.54, 1.807) is 0 Å². The summed E-state index contributed by atoms with van der Waals surface area (Å²) < 4.78 is 97.7. The fraction of sp³-hybridized carbons (Fsp3) is 0.250. The van der Waals surface area contributed by atoms with Crippen molar-refractivity contribution in [1.29, 1.82) is 0 Å². The van der Waals surface area contributed by atoms with Crippen molar-refractivity contribution in [3.63, 3.8) is 0 Å². The van der Waals surface area contributed by atoms with E-state index >= 15 is 0 Å². The van der Waals surface area contributed by atoms with Crippen LogP contribution in [0.1, 0.15) is 23.4 Å². The molecule has 0 amide bonds. The lowest BCUT2D eigenvalue weighted by Crippen LogP contribution is -2.10. The van der Waals surface area contributed by atoms with E-state index in [0.29, 0.717) is 6.07 Å². The van der Waals surface area contributed by atoms with Crippen LogP contribution >= 0.6 is 11.8 Å². The van der Waals surface area contributed by atoms with Crippen molar-refractivity contribution in [2.45, 2.75) is 28.9 Å². The maximum Gasteiger partial charge on any atom is 0.446 e. The fourth-order valence-electron chi connectivity index (χ4n) is 2.68. The number of rotatable bonds is 3. The second-order valence-corrected chi connectivity index (χ2v) is 6.54. The van der Waals surface area contributed by atoms with Crippen LogP contribution in [0.2, 0.25) is 0 Å². The van der Waals surface area contributed by atoms with E-state index < -0.39 is 74.9 Å². The third kappa shape index (κ3) is 3.61. The van der Waals surface area contributed by atoms with Crippen LogP contribution in [0.3, 0.4) is 0 Å². The van der Waals surface area contributed by atoms with E-state index in [2.05, 4.69) is 0 Å². The zero-order valence-electron chi connectivity index (χ0n) is 12.5. The maximum atomic E-state index is 14.2. The third-order valence-electron chi connectivity index (χ3n) is 3.65. The molecule has 1 aliphatic rings. The van der Waals surface area contributed by atoms with Crippen molar-refractivity contribution in [2.75, 3.05) is 0 Å². The van der Waals surface area contributed by atoms with Gasteiger partial charge in [0, 0.05) is 34.2 Å². The van der Waals surface area contributed by atoms with Gasteiger partial charge < -0.3 is 9.84 Å². The van der Waals surface area contributed by atoms with Gasteiger partial charge >= 0.3 is 5.51 Å². The molecule has 0 saturated carbocycles. The first-order chi connectivity index (χ1) is 12.1. The Bertz CT molecular complexity index is 820. The number of halogens is 7. The molecule has 0 unspecified atom stereocenters. The molecule has 0 radical (unpaired) electrons. The Morgan fingerprint density at radius 2 is 1.58 bits per heavy atom. The quantitative estimate of drug-likeness (QED) is 0.526. The molecule has 3 atom stereocenters. The second kappa shape index (κ2) is 6.66. The number of alkyl halides is 5. The Balaban J connectivity index is 2.08. The summed E-state index contributed by atoms with van der Waals surface area (Å²) in [6, 6.07) is 3.88. The summed E-state index contributed by atoms with van der Waals surface area (Å²) in [6.45, 7) is 0. The summed E-state index contributed by atoms with van der Waals surface area (Å²) in [5, 5.41) is 9.81. The molecule has 2 nitrogen and oxygen atoms in total. The van der Waals surface area contributed by atoms with E-state index in [1.165, 1.54) is 0 Å². The van der Waals surface area contributed by atoms with Gasteiger partial charge in [0.25, 0.3) is 0 Å². The highest BCUT2D eigenvalue weighted by atomic mass is 32.2. The highest BCUT2D eigenvalue weighted by molar-refractivity contribution is 8.00. The van der Waals surface area contributed by atoms with Crippen molar-refractivity contribution in [3.8, 4) is 11.5 Å². The van der Waals surface area contributed by atoms with Gasteiger partial charge in [0.1, 0.15) is 29.2 Å². The average Bonchev–Trinajstić information content (AvgIpc) is 2.73. The molecule has 2 aromatic rings. The lowest BCUT2D eigenvalue weighted by molar-refractivity contribution is -0.0329. The average molecular weight is 398 g/mol. The molecule has 10 heteroatoms. The topological polar surface area (TPSA) is 29.5 Å². The van der Waals surface area contributed by atoms with Gasteiger partial charge in [-0.05, 0) is 23.9 Å². The molecule has 0 aliphatic heterocycles. The van der Waals surface area contributed by atoms with Crippen LogP contribution in [0.25, 0.3) is 0 Å². The predicted molar refractivity (Wildman–Crippen MR) is 78.5 cm³/mol. The van der Waals surface area contributed by atoms with Crippen molar-refractivity contribution < 1.29 is 40.6 Å². The molecular weight excluding hydrogens is 389 g/mol. The van der Waals surface area contributed by atoms with E-state index in [1.807, 2.05) is 0 Å². The molecule has 1 N–H and O–H groups in total. The molecule has 26 heavy (non-hydrogen) atoms. The van der Waals surface area contributed by atoms with Crippen LogP contribution < -0.4 is 4.74 Å². The largest absolute Gasteiger partial charge is 0.457 e. The molecule has 0 saturated heterocycles. The Morgan fingerprint density at radius 1 is 0.962 bits per heavy atom. The van der Waals surface area contributed by atoms with Crippen molar-refractivity contribution >= 4 is 11.8 Å². The van der Waals surface area contributed by atoms with Gasteiger partial charge in [0.05, 0.1) is 0 Å². The van der Waals surface area contributed by atoms with Gasteiger partial charge in [-0.3, -0.25) is 0 Å². The number of hydrogen-bond acceptors (Lipinski definition) is 3. The number of benzene rings is 2. The predicted octanol–water partition coefficient (Wildman–Crippen LogP) is 5.76. The molecule has 0 bridgehead atoms. The zero-order chi connectivity index (χ0) is 19.2. The Labute approximate surface area is 146 Å². The van der Waals surface area contributed by atoms with Crippen molar-refractivity contribution in [1.82, 2.24) is 0 Å². The molecule has 0 heterocycles. The number of aliphatic hydroxyl groups excluding tert-OH is 1. The highest BCUT2D eigenvalue weighted by Gasteiger charge is 2.46. The Kier molecular flexibility index (Phi) is 4.82. The zero-order valence-corrected chi connectivity index (χ0v) is 13.3. The maximum absolute atomic E-state index is 14.2.